The molecule has 2 aromatic rings. The quantitative estimate of drug-likeness (QED) is 0.675. The summed E-state index contributed by atoms with van der Waals surface area (Å²) in [4.78, 5) is 37.8. The molecule has 2 aromatic carbocycles. The summed E-state index contributed by atoms with van der Waals surface area (Å²) in [5.41, 5.74) is 2.40. The maximum atomic E-state index is 12.7. The summed E-state index contributed by atoms with van der Waals surface area (Å²) in [5.74, 6) is -0.236. The van der Waals surface area contributed by atoms with Gasteiger partial charge in [0.15, 0.2) is 6.10 Å². The molecule has 1 heterocycles. The van der Waals surface area contributed by atoms with Crippen molar-refractivity contribution in [2.75, 3.05) is 23.9 Å². The maximum absolute atomic E-state index is 12.7. The van der Waals surface area contributed by atoms with Crippen LogP contribution in [-0.2, 0) is 25.5 Å². The third kappa shape index (κ3) is 5.37. The first-order valence-electron chi connectivity index (χ1n) is 10.0. The number of amides is 2. The van der Waals surface area contributed by atoms with Crippen molar-refractivity contribution < 1.29 is 23.9 Å². The molecule has 0 saturated carbocycles. The summed E-state index contributed by atoms with van der Waals surface area (Å²) in [6, 6.07) is 15.3. The first kappa shape index (κ1) is 21.4. The highest BCUT2D eigenvalue weighted by atomic mass is 16.5. The largest absolute Gasteiger partial charge is 0.479 e. The van der Waals surface area contributed by atoms with Gasteiger partial charge in [0.05, 0.1) is 19.2 Å². The number of fused-ring (bicyclic) bond motifs is 1. The van der Waals surface area contributed by atoms with Gasteiger partial charge in [0.2, 0.25) is 5.91 Å². The lowest BCUT2D eigenvalue weighted by molar-refractivity contribution is -0.141. The van der Waals surface area contributed by atoms with Crippen LogP contribution < -0.4 is 15.0 Å². The van der Waals surface area contributed by atoms with Gasteiger partial charge in [-0.05, 0) is 43.5 Å². The molecular formula is C23H26N2O5. The van der Waals surface area contributed by atoms with Crippen molar-refractivity contribution in [3.05, 3.63) is 54.1 Å². The molecule has 1 atom stereocenters. The lowest BCUT2D eigenvalue weighted by Gasteiger charge is -2.33. The average molecular weight is 410 g/mol. The van der Waals surface area contributed by atoms with Crippen molar-refractivity contribution in [2.45, 2.75) is 38.7 Å². The Morgan fingerprint density at radius 3 is 2.63 bits per heavy atom. The monoisotopic (exact) mass is 410 g/mol. The van der Waals surface area contributed by atoms with Crippen molar-refractivity contribution in [1.82, 2.24) is 0 Å². The molecule has 158 valence electrons. The zero-order valence-electron chi connectivity index (χ0n) is 17.2. The van der Waals surface area contributed by atoms with E-state index >= 15 is 0 Å². The number of hydrogen-bond donors (Lipinski definition) is 1. The zero-order valence-corrected chi connectivity index (χ0v) is 17.2. The van der Waals surface area contributed by atoms with E-state index in [0.29, 0.717) is 23.7 Å². The molecule has 1 unspecified atom stereocenters. The van der Waals surface area contributed by atoms with Crippen LogP contribution in [0, 0.1) is 0 Å². The third-order valence-corrected chi connectivity index (χ3v) is 4.92. The van der Waals surface area contributed by atoms with Gasteiger partial charge in [-0.3, -0.25) is 14.4 Å². The average Bonchev–Trinajstić information content (AvgIpc) is 2.75. The summed E-state index contributed by atoms with van der Waals surface area (Å²) < 4.78 is 10.3. The number of hydrogen-bond acceptors (Lipinski definition) is 5. The van der Waals surface area contributed by atoms with E-state index in [1.54, 1.807) is 30.0 Å². The molecule has 1 aliphatic rings. The Hall–Kier alpha value is -3.35. The molecule has 3 rings (SSSR count). The Kier molecular flexibility index (Phi) is 7.06. The fourth-order valence-electron chi connectivity index (χ4n) is 3.34. The van der Waals surface area contributed by atoms with Gasteiger partial charge >= 0.3 is 5.97 Å². The van der Waals surface area contributed by atoms with E-state index < -0.39 is 12.1 Å². The number of anilines is 2. The topological polar surface area (TPSA) is 84.9 Å². The summed E-state index contributed by atoms with van der Waals surface area (Å²) in [5, 5.41) is 2.76. The Labute approximate surface area is 176 Å². The Morgan fingerprint density at radius 2 is 1.90 bits per heavy atom. The van der Waals surface area contributed by atoms with E-state index in [-0.39, 0.29) is 24.7 Å². The van der Waals surface area contributed by atoms with Crippen LogP contribution in [0.2, 0.25) is 0 Å². The number of ether oxygens (including phenoxy) is 2. The molecule has 0 spiro atoms. The number of esters is 1. The van der Waals surface area contributed by atoms with Crippen LogP contribution in [-0.4, -0.2) is 37.5 Å². The molecule has 0 saturated heterocycles. The smallest absolute Gasteiger partial charge is 0.306 e. The molecule has 30 heavy (non-hydrogen) atoms. The van der Waals surface area contributed by atoms with Gasteiger partial charge in [-0.2, -0.15) is 0 Å². The molecule has 7 heteroatoms. The normalized spacial score (nSPS) is 15.2. The van der Waals surface area contributed by atoms with Crippen molar-refractivity contribution in [3.63, 3.8) is 0 Å². The number of carbonyl (C=O) groups excluding carboxylic acids is 3. The van der Waals surface area contributed by atoms with Crippen LogP contribution in [0.25, 0.3) is 0 Å². The molecule has 0 bridgehead atoms. The number of benzene rings is 2. The van der Waals surface area contributed by atoms with Crippen molar-refractivity contribution in [2.24, 2.45) is 0 Å². The highest BCUT2D eigenvalue weighted by Crippen LogP contribution is 2.36. The molecule has 1 N–H and O–H groups in total. The molecule has 0 radical (unpaired) electrons. The van der Waals surface area contributed by atoms with Crippen molar-refractivity contribution in [3.8, 4) is 5.75 Å². The Bertz CT molecular complexity index is 913. The molecule has 0 aliphatic carbocycles. The number of aryl methyl sites for hydroxylation is 1. The van der Waals surface area contributed by atoms with E-state index in [9.17, 15) is 14.4 Å². The summed E-state index contributed by atoms with van der Waals surface area (Å²) in [6.07, 6.45) is 1.14. The highest BCUT2D eigenvalue weighted by Gasteiger charge is 2.31. The predicted octanol–water partition coefficient (Wildman–Crippen LogP) is 3.33. The number of nitrogens with zero attached hydrogens (tertiary/aromatic N) is 1. The lowest BCUT2D eigenvalue weighted by atomic mass is 10.1. The van der Waals surface area contributed by atoms with E-state index in [1.165, 1.54) is 12.7 Å². The van der Waals surface area contributed by atoms with E-state index in [1.807, 2.05) is 18.2 Å². The molecule has 0 fully saturated rings. The summed E-state index contributed by atoms with van der Waals surface area (Å²) in [7, 11) is 1.29. The van der Waals surface area contributed by atoms with E-state index in [0.717, 1.165) is 12.8 Å². The second-order valence-corrected chi connectivity index (χ2v) is 7.15. The van der Waals surface area contributed by atoms with Gasteiger partial charge in [0.25, 0.3) is 5.91 Å². The van der Waals surface area contributed by atoms with Gasteiger partial charge in [0, 0.05) is 18.7 Å². The third-order valence-electron chi connectivity index (χ3n) is 4.92. The molecule has 1 aliphatic heterocycles. The van der Waals surface area contributed by atoms with Crippen LogP contribution >= 0.6 is 0 Å². The van der Waals surface area contributed by atoms with Crippen LogP contribution in [0.4, 0.5) is 11.4 Å². The second kappa shape index (κ2) is 9.91. The SMILES string of the molecule is COC(=O)CCC(=O)Nc1ccc2c(c1)N(CCCc1ccccc1)C(=O)C(C)O2. The Morgan fingerprint density at radius 1 is 1.13 bits per heavy atom. The Balaban J connectivity index is 1.69. The van der Waals surface area contributed by atoms with Crippen LogP contribution in [0.1, 0.15) is 31.7 Å². The lowest BCUT2D eigenvalue weighted by Crippen LogP contribution is -2.45. The minimum absolute atomic E-state index is 0.0119. The van der Waals surface area contributed by atoms with Gasteiger partial charge in [-0.15, -0.1) is 0 Å². The van der Waals surface area contributed by atoms with Crippen molar-refractivity contribution in [1.29, 1.82) is 0 Å². The highest BCUT2D eigenvalue weighted by molar-refractivity contribution is 6.01. The first-order chi connectivity index (χ1) is 14.5. The summed E-state index contributed by atoms with van der Waals surface area (Å²) in [6.45, 7) is 2.28. The molecular weight excluding hydrogens is 384 g/mol. The van der Waals surface area contributed by atoms with E-state index in [4.69, 9.17) is 4.74 Å². The predicted molar refractivity (Wildman–Crippen MR) is 114 cm³/mol. The minimum Gasteiger partial charge on any atom is -0.479 e. The molecule has 2 amide bonds. The number of rotatable bonds is 8. The van der Waals surface area contributed by atoms with Gasteiger partial charge < -0.3 is 19.7 Å². The zero-order chi connectivity index (χ0) is 21.5. The minimum atomic E-state index is -0.560. The standard InChI is InChI=1S/C23H26N2O5/c1-16-23(28)25(14-6-9-17-7-4-3-5-8-17)19-15-18(10-11-20(19)30-16)24-21(26)12-13-22(27)29-2/h3-5,7-8,10-11,15-16H,6,9,12-14H2,1-2H3,(H,24,26). The molecule has 7 nitrogen and oxygen atoms in total. The van der Waals surface area contributed by atoms with Crippen LogP contribution in [0.15, 0.2) is 48.5 Å². The fourth-order valence-corrected chi connectivity index (χ4v) is 3.34. The van der Waals surface area contributed by atoms with Gasteiger partial charge in [-0.1, -0.05) is 30.3 Å². The van der Waals surface area contributed by atoms with Crippen molar-refractivity contribution >= 4 is 29.2 Å². The number of nitrogens with one attached hydrogen (secondary N) is 1. The fraction of sp³-hybridized carbons (Fsp3) is 0.348. The van der Waals surface area contributed by atoms with Crippen LogP contribution in [0.5, 0.6) is 5.75 Å². The second-order valence-electron chi connectivity index (χ2n) is 7.15. The maximum Gasteiger partial charge on any atom is 0.306 e. The summed E-state index contributed by atoms with van der Waals surface area (Å²) >= 11 is 0. The number of methoxy groups -OCH3 is 1. The van der Waals surface area contributed by atoms with Crippen LogP contribution in [0.3, 0.4) is 0 Å². The number of carbonyl (C=O) groups is 3. The molecule has 0 aromatic heterocycles. The van der Waals surface area contributed by atoms with Gasteiger partial charge in [-0.25, -0.2) is 0 Å². The van der Waals surface area contributed by atoms with E-state index in [2.05, 4.69) is 22.2 Å². The van der Waals surface area contributed by atoms with Gasteiger partial charge in [0.1, 0.15) is 5.75 Å². The first-order valence-corrected chi connectivity index (χ1v) is 10.0.